The second kappa shape index (κ2) is 5.92. The van der Waals surface area contributed by atoms with Gasteiger partial charge in [0.1, 0.15) is 0 Å². The molecule has 23 heavy (non-hydrogen) atoms. The van der Waals surface area contributed by atoms with Crippen LogP contribution in [0, 0.1) is 29.6 Å². The van der Waals surface area contributed by atoms with Crippen LogP contribution in [0.25, 0.3) is 0 Å². The maximum absolute atomic E-state index is 13.3. The van der Waals surface area contributed by atoms with E-state index in [2.05, 4.69) is 12.0 Å². The van der Waals surface area contributed by atoms with Crippen molar-refractivity contribution >= 4 is 11.9 Å². The second-order valence-electron chi connectivity index (χ2n) is 5.99. The van der Waals surface area contributed by atoms with Gasteiger partial charge in [-0.15, -0.1) is 0 Å². The van der Waals surface area contributed by atoms with Gasteiger partial charge >= 0.3 is 5.97 Å². The van der Waals surface area contributed by atoms with Crippen molar-refractivity contribution in [3.05, 3.63) is 29.1 Å². The molecule has 2 N–H and O–H groups in total. The summed E-state index contributed by atoms with van der Waals surface area (Å²) in [7, 11) is 0. The number of aliphatic carboxylic acids is 1. The third-order valence-electron chi connectivity index (χ3n) is 4.46. The van der Waals surface area contributed by atoms with Crippen LogP contribution in [-0.4, -0.2) is 27.0 Å². The fourth-order valence-electron chi connectivity index (χ4n) is 3.06. The molecule has 1 amide bonds. The third kappa shape index (κ3) is 3.00. The summed E-state index contributed by atoms with van der Waals surface area (Å²) in [5.41, 5.74) is 0.780. The highest BCUT2D eigenvalue weighted by Gasteiger charge is 2.29. The van der Waals surface area contributed by atoms with Crippen molar-refractivity contribution in [1.82, 2.24) is 4.90 Å². The van der Waals surface area contributed by atoms with Gasteiger partial charge < -0.3 is 10.2 Å². The molecule has 0 bridgehead atoms. The SMILES string of the molecule is O=C(O)C1CCC(C#CN2Cc3cc(F)c(O)cc3C2=O)CC1. The molecule has 3 rings (SSSR count). The zero-order valence-electron chi connectivity index (χ0n) is 12.4. The number of benzene rings is 1. The molecule has 1 heterocycles. The molecule has 0 radical (unpaired) electrons. The van der Waals surface area contributed by atoms with Crippen LogP contribution in [-0.2, 0) is 11.3 Å². The topological polar surface area (TPSA) is 77.8 Å². The molecule has 1 aliphatic carbocycles. The predicted octanol–water partition coefficient (Wildman–Crippen LogP) is 2.34. The number of nitrogens with zero attached hydrogens (tertiary/aromatic N) is 1. The molecule has 0 atom stereocenters. The van der Waals surface area contributed by atoms with Crippen LogP contribution in [0.3, 0.4) is 0 Å². The number of rotatable bonds is 1. The van der Waals surface area contributed by atoms with E-state index in [0.29, 0.717) is 31.2 Å². The Morgan fingerprint density at radius 3 is 2.61 bits per heavy atom. The number of hydrogen-bond acceptors (Lipinski definition) is 3. The lowest BCUT2D eigenvalue weighted by atomic mass is 9.82. The first kappa shape index (κ1) is 15.3. The molecule has 2 aliphatic rings. The maximum Gasteiger partial charge on any atom is 0.306 e. The van der Waals surface area contributed by atoms with Crippen molar-refractivity contribution in [1.29, 1.82) is 0 Å². The number of carboxylic acids is 1. The number of carbonyl (C=O) groups is 2. The van der Waals surface area contributed by atoms with Crippen molar-refractivity contribution < 1.29 is 24.2 Å². The summed E-state index contributed by atoms with van der Waals surface area (Å²) >= 11 is 0. The maximum atomic E-state index is 13.3. The first-order valence-electron chi connectivity index (χ1n) is 7.53. The molecule has 0 spiro atoms. The van der Waals surface area contributed by atoms with Crippen LogP contribution in [0.1, 0.15) is 41.6 Å². The lowest BCUT2D eigenvalue weighted by molar-refractivity contribution is -0.142. The van der Waals surface area contributed by atoms with Gasteiger partial charge in [-0.05, 0) is 43.4 Å². The second-order valence-corrected chi connectivity index (χ2v) is 5.99. The standard InChI is InChI=1S/C17H16FNO4/c18-14-7-12-9-19(16(21)13(12)8-15(14)20)6-5-10-1-3-11(4-2-10)17(22)23/h7-8,10-11,20H,1-4,9H2,(H,22,23). The first-order chi connectivity index (χ1) is 11.0. The molecule has 120 valence electrons. The Morgan fingerprint density at radius 2 is 1.96 bits per heavy atom. The van der Waals surface area contributed by atoms with Crippen molar-refractivity contribution in [2.24, 2.45) is 11.8 Å². The number of phenols is 1. The van der Waals surface area contributed by atoms with E-state index in [1.807, 2.05) is 0 Å². The highest BCUT2D eigenvalue weighted by molar-refractivity contribution is 5.99. The van der Waals surface area contributed by atoms with Crippen LogP contribution in [0.5, 0.6) is 5.75 Å². The van der Waals surface area contributed by atoms with Gasteiger partial charge in [0.05, 0.1) is 12.5 Å². The van der Waals surface area contributed by atoms with E-state index in [4.69, 9.17) is 5.11 Å². The molecule has 1 aliphatic heterocycles. The molecular formula is C17H16FNO4. The quantitative estimate of drug-likeness (QED) is 0.779. The van der Waals surface area contributed by atoms with E-state index >= 15 is 0 Å². The number of carboxylic acid groups (broad SMARTS) is 1. The van der Waals surface area contributed by atoms with Gasteiger partial charge in [-0.2, -0.15) is 0 Å². The molecule has 0 aromatic heterocycles. The molecule has 1 aromatic carbocycles. The number of fused-ring (bicyclic) bond motifs is 1. The highest BCUT2D eigenvalue weighted by atomic mass is 19.1. The monoisotopic (exact) mass is 317 g/mol. The average molecular weight is 317 g/mol. The third-order valence-corrected chi connectivity index (χ3v) is 4.46. The van der Waals surface area contributed by atoms with Crippen LogP contribution in [0.4, 0.5) is 4.39 Å². The molecule has 5 nitrogen and oxygen atoms in total. The smallest absolute Gasteiger partial charge is 0.306 e. The molecule has 1 saturated carbocycles. The molecule has 0 saturated heterocycles. The predicted molar refractivity (Wildman–Crippen MR) is 78.8 cm³/mol. The van der Waals surface area contributed by atoms with E-state index in [0.717, 1.165) is 12.1 Å². The lowest BCUT2D eigenvalue weighted by Crippen LogP contribution is -2.22. The summed E-state index contributed by atoms with van der Waals surface area (Å²) < 4.78 is 13.3. The molecule has 1 aromatic rings. The van der Waals surface area contributed by atoms with Gasteiger partial charge in [0.2, 0.25) is 0 Å². The Morgan fingerprint density at radius 1 is 1.26 bits per heavy atom. The van der Waals surface area contributed by atoms with Crippen molar-refractivity contribution in [2.45, 2.75) is 32.2 Å². The number of carbonyl (C=O) groups excluding carboxylic acids is 1. The number of aromatic hydroxyl groups is 1. The number of amides is 1. The van der Waals surface area contributed by atoms with Gasteiger partial charge in [-0.1, -0.05) is 5.92 Å². The van der Waals surface area contributed by atoms with E-state index in [1.54, 1.807) is 0 Å². The van der Waals surface area contributed by atoms with E-state index < -0.39 is 17.5 Å². The first-order valence-corrected chi connectivity index (χ1v) is 7.53. The van der Waals surface area contributed by atoms with Crippen molar-refractivity contribution in [3.8, 4) is 17.7 Å². The Labute approximate surface area is 132 Å². The van der Waals surface area contributed by atoms with Gasteiger partial charge in [0.25, 0.3) is 5.91 Å². The van der Waals surface area contributed by atoms with E-state index in [-0.39, 0.29) is 29.9 Å². The minimum atomic E-state index is -0.761. The normalized spacial score (nSPS) is 23.2. The van der Waals surface area contributed by atoms with Crippen LogP contribution < -0.4 is 0 Å². The Hall–Kier alpha value is -2.55. The highest BCUT2D eigenvalue weighted by Crippen LogP contribution is 2.30. The van der Waals surface area contributed by atoms with Crippen molar-refractivity contribution in [2.75, 3.05) is 0 Å². The van der Waals surface area contributed by atoms with Crippen LogP contribution in [0.2, 0.25) is 0 Å². The molecule has 1 fully saturated rings. The minimum absolute atomic E-state index is 0.0762. The van der Waals surface area contributed by atoms with Crippen LogP contribution >= 0.6 is 0 Å². The average Bonchev–Trinajstić information content (AvgIpc) is 2.82. The van der Waals surface area contributed by atoms with E-state index in [1.165, 1.54) is 4.90 Å². The van der Waals surface area contributed by atoms with Gasteiger partial charge in [-0.25, -0.2) is 4.39 Å². The number of hydrogen-bond donors (Lipinski definition) is 2. The summed E-state index contributed by atoms with van der Waals surface area (Å²) in [6, 6.07) is 5.10. The summed E-state index contributed by atoms with van der Waals surface area (Å²) in [6.07, 6.45) is 2.60. The summed E-state index contributed by atoms with van der Waals surface area (Å²) in [6.45, 7) is 0.197. The zero-order valence-corrected chi connectivity index (χ0v) is 12.4. The fraction of sp³-hybridized carbons (Fsp3) is 0.412. The van der Waals surface area contributed by atoms with E-state index in [9.17, 15) is 19.1 Å². The summed E-state index contributed by atoms with van der Waals surface area (Å²) in [4.78, 5) is 24.4. The Bertz CT molecular complexity index is 726. The summed E-state index contributed by atoms with van der Waals surface area (Å²) in [5.74, 6) is 0.405. The molecule has 0 unspecified atom stereocenters. The van der Waals surface area contributed by atoms with Gasteiger partial charge in [-0.3, -0.25) is 14.5 Å². The van der Waals surface area contributed by atoms with Crippen LogP contribution in [0.15, 0.2) is 12.1 Å². The Kier molecular flexibility index (Phi) is 3.95. The number of phenolic OH excluding ortho intramolecular Hbond substituents is 1. The lowest BCUT2D eigenvalue weighted by Gasteiger charge is -2.22. The Balaban J connectivity index is 1.67. The minimum Gasteiger partial charge on any atom is -0.505 e. The zero-order chi connectivity index (χ0) is 16.6. The van der Waals surface area contributed by atoms with Gasteiger partial charge in [0.15, 0.2) is 11.6 Å². The number of halogens is 1. The van der Waals surface area contributed by atoms with Gasteiger partial charge in [0, 0.05) is 17.5 Å². The molecular weight excluding hydrogens is 301 g/mol. The molecule has 6 heteroatoms. The fourth-order valence-corrected chi connectivity index (χ4v) is 3.06. The largest absolute Gasteiger partial charge is 0.505 e. The van der Waals surface area contributed by atoms with Crippen molar-refractivity contribution in [3.63, 3.8) is 0 Å². The summed E-state index contributed by atoms with van der Waals surface area (Å²) in [5, 5.41) is 18.3.